The third kappa shape index (κ3) is 4.11. The predicted molar refractivity (Wildman–Crippen MR) is 105 cm³/mol. The van der Waals surface area contributed by atoms with Crippen LogP contribution in [-0.4, -0.2) is 43.1 Å². The molecule has 3 aromatic rings. The fourth-order valence-corrected chi connectivity index (χ4v) is 3.47. The minimum atomic E-state index is -0.581. The summed E-state index contributed by atoms with van der Waals surface area (Å²) in [6.07, 6.45) is 2.29. The van der Waals surface area contributed by atoms with E-state index in [0.29, 0.717) is 17.4 Å². The summed E-state index contributed by atoms with van der Waals surface area (Å²) in [6.45, 7) is 5.43. The highest BCUT2D eigenvalue weighted by Crippen LogP contribution is 2.38. The number of rotatable bonds is 7. The third-order valence-electron chi connectivity index (χ3n) is 5.09. The maximum Gasteiger partial charge on any atom is 0.330 e. The van der Waals surface area contributed by atoms with Gasteiger partial charge in [0.1, 0.15) is 0 Å². The Morgan fingerprint density at radius 3 is 2.55 bits per heavy atom. The van der Waals surface area contributed by atoms with Crippen LogP contribution in [0.5, 0.6) is 0 Å². The van der Waals surface area contributed by atoms with Gasteiger partial charge < -0.3 is 9.30 Å². The standard InChI is InChI=1S/C21H23N5O3/c1-13-4-6-16(7-5-13)21-22-24-25(23-21)11-20(28)29-12-19(27)18-10-14(2)26(15(18)3)17-8-9-17/h4-7,10,17H,8-9,11-12H2,1-3H3. The second kappa shape index (κ2) is 7.62. The lowest BCUT2D eigenvalue weighted by Gasteiger charge is -2.07. The number of tetrazole rings is 1. The van der Waals surface area contributed by atoms with Crippen LogP contribution < -0.4 is 0 Å². The van der Waals surface area contributed by atoms with Gasteiger partial charge in [-0.3, -0.25) is 4.79 Å². The summed E-state index contributed by atoms with van der Waals surface area (Å²) in [4.78, 5) is 25.8. The number of ether oxygens (including phenoxy) is 1. The van der Waals surface area contributed by atoms with Crippen LogP contribution in [0.25, 0.3) is 11.4 Å². The van der Waals surface area contributed by atoms with Crippen molar-refractivity contribution >= 4 is 11.8 Å². The van der Waals surface area contributed by atoms with Crippen molar-refractivity contribution in [2.24, 2.45) is 0 Å². The highest BCUT2D eigenvalue weighted by molar-refractivity contribution is 5.99. The van der Waals surface area contributed by atoms with Crippen LogP contribution in [0, 0.1) is 20.8 Å². The van der Waals surface area contributed by atoms with Gasteiger partial charge in [0, 0.05) is 28.6 Å². The molecule has 4 rings (SSSR count). The molecule has 1 aliphatic carbocycles. The van der Waals surface area contributed by atoms with E-state index in [2.05, 4.69) is 20.0 Å². The lowest BCUT2D eigenvalue weighted by atomic mass is 10.1. The number of ketones is 1. The molecule has 0 saturated heterocycles. The molecule has 0 spiro atoms. The fourth-order valence-electron chi connectivity index (χ4n) is 3.47. The maximum absolute atomic E-state index is 12.5. The van der Waals surface area contributed by atoms with Crippen molar-refractivity contribution in [1.29, 1.82) is 0 Å². The van der Waals surface area contributed by atoms with Crippen molar-refractivity contribution in [3.05, 3.63) is 52.8 Å². The predicted octanol–water partition coefficient (Wildman–Crippen LogP) is 2.83. The minimum Gasteiger partial charge on any atom is -0.456 e. The van der Waals surface area contributed by atoms with E-state index in [1.54, 1.807) is 0 Å². The van der Waals surface area contributed by atoms with Crippen LogP contribution in [0.4, 0.5) is 0 Å². The first-order chi connectivity index (χ1) is 13.9. The monoisotopic (exact) mass is 393 g/mol. The Morgan fingerprint density at radius 1 is 1.14 bits per heavy atom. The van der Waals surface area contributed by atoms with Crippen molar-refractivity contribution in [2.45, 2.75) is 46.2 Å². The molecule has 0 N–H and O–H groups in total. The zero-order valence-electron chi connectivity index (χ0n) is 16.8. The number of hydrogen-bond acceptors (Lipinski definition) is 6. The first-order valence-electron chi connectivity index (χ1n) is 9.64. The maximum atomic E-state index is 12.5. The highest BCUT2D eigenvalue weighted by Gasteiger charge is 2.28. The van der Waals surface area contributed by atoms with Gasteiger partial charge in [0.15, 0.2) is 13.2 Å². The smallest absolute Gasteiger partial charge is 0.330 e. The molecule has 0 bridgehead atoms. The van der Waals surface area contributed by atoms with Crippen molar-refractivity contribution < 1.29 is 14.3 Å². The van der Waals surface area contributed by atoms with Crippen molar-refractivity contribution in [3.8, 4) is 11.4 Å². The molecule has 2 heterocycles. The van der Waals surface area contributed by atoms with Gasteiger partial charge >= 0.3 is 5.97 Å². The Morgan fingerprint density at radius 2 is 1.86 bits per heavy atom. The molecule has 8 heteroatoms. The molecule has 1 saturated carbocycles. The number of aromatic nitrogens is 5. The van der Waals surface area contributed by atoms with Gasteiger partial charge in [0.25, 0.3) is 0 Å². The zero-order chi connectivity index (χ0) is 20.5. The molecule has 1 aromatic carbocycles. The molecule has 1 aliphatic rings. The first-order valence-corrected chi connectivity index (χ1v) is 9.64. The number of esters is 1. The van der Waals surface area contributed by atoms with Gasteiger partial charge in [-0.1, -0.05) is 29.8 Å². The number of nitrogens with zero attached hydrogens (tertiary/aromatic N) is 5. The van der Waals surface area contributed by atoms with Crippen LogP contribution in [0.3, 0.4) is 0 Å². The SMILES string of the molecule is Cc1ccc(-c2nnn(CC(=O)OCC(=O)c3cc(C)n(C4CC4)c3C)n2)cc1. The molecule has 2 aromatic heterocycles. The van der Waals surface area contributed by atoms with E-state index in [4.69, 9.17) is 4.74 Å². The molecule has 1 fully saturated rings. The van der Waals surface area contributed by atoms with Gasteiger partial charge in [-0.05, 0) is 44.9 Å². The summed E-state index contributed by atoms with van der Waals surface area (Å²) in [5.74, 6) is -0.353. The average molecular weight is 393 g/mol. The number of benzene rings is 1. The van der Waals surface area contributed by atoms with Crippen molar-refractivity contribution in [2.75, 3.05) is 6.61 Å². The summed E-state index contributed by atoms with van der Waals surface area (Å²) in [7, 11) is 0. The van der Waals surface area contributed by atoms with Crippen LogP contribution in [0.15, 0.2) is 30.3 Å². The van der Waals surface area contributed by atoms with E-state index in [0.717, 1.165) is 35.4 Å². The number of aryl methyl sites for hydroxylation is 2. The second-order valence-corrected chi connectivity index (χ2v) is 7.48. The highest BCUT2D eigenvalue weighted by atomic mass is 16.5. The minimum absolute atomic E-state index is 0.201. The fraction of sp³-hybridized carbons (Fsp3) is 0.381. The number of Topliss-reactive ketones (excluding diaryl/α,β-unsaturated/α-hetero) is 1. The number of hydrogen-bond donors (Lipinski definition) is 0. The topological polar surface area (TPSA) is 91.9 Å². The van der Waals surface area contributed by atoms with E-state index in [9.17, 15) is 9.59 Å². The largest absolute Gasteiger partial charge is 0.456 e. The van der Waals surface area contributed by atoms with Crippen LogP contribution in [0.1, 0.15) is 46.2 Å². The van der Waals surface area contributed by atoms with E-state index in [-0.39, 0.29) is 18.9 Å². The number of carbonyl (C=O) groups excluding carboxylic acids is 2. The van der Waals surface area contributed by atoms with Gasteiger partial charge in [0.2, 0.25) is 11.6 Å². The Kier molecular flexibility index (Phi) is 5.00. The first kappa shape index (κ1) is 19.0. The summed E-state index contributed by atoms with van der Waals surface area (Å²) >= 11 is 0. The Balaban J connectivity index is 1.34. The Labute approximate surface area is 168 Å². The van der Waals surface area contributed by atoms with Gasteiger partial charge in [0.05, 0.1) is 0 Å². The number of carbonyl (C=O) groups is 2. The van der Waals surface area contributed by atoms with Crippen LogP contribution in [0.2, 0.25) is 0 Å². The van der Waals surface area contributed by atoms with Gasteiger partial charge in [-0.15, -0.1) is 10.2 Å². The third-order valence-corrected chi connectivity index (χ3v) is 5.09. The average Bonchev–Trinajstić information content (AvgIpc) is 3.34. The molecule has 0 unspecified atom stereocenters. The molecule has 0 aliphatic heterocycles. The molecular weight excluding hydrogens is 370 g/mol. The van der Waals surface area contributed by atoms with E-state index in [1.807, 2.05) is 51.1 Å². The van der Waals surface area contributed by atoms with E-state index < -0.39 is 5.97 Å². The van der Waals surface area contributed by atoms with Crippen molar-refractivity contribution in [1.82, 2.24) is 24.8 Å². The normalized spacial score (nSPS) is 13.5. The second-order valence-electron chi connectivity index (χ2n) is 7.48. The summed E-state index contributed by atoms with van der Waals surface area (Å²) in [6, 6.07) is 10.1. The Hall–Kier alpha value is -3.29. The molecule has 150 valence electrons. The summed E-state index contributed by atoms with van der Waals surface area (Å²) in [5, 5.41) is 12.0. The molecule has 8 nitrogen and oxygen atoms in total. The quantitative estimate of drug-likeness (QED) is 0.453. The lowest BCUT2D eigenvalue weighted by molar-refractivity contribution is -0.143. The van der Waals surface area contributed by atoms with Gasteiger partial charge in [-0.25, -0.2) is 4.79 Å². The van der Waals surface area contributed by atoms with Crippen molar-refractivity contribution in [3.63, 3.8) is 0 Å². The van der Waals surface area contributed by atoms with Crippen LogP contribution >= 0.6 is 0 Å². The molecular formula is C21H23N5O3. The lowest BCUT2D eigenvalue weighted by Crippen LogP contribution is -2.20. The summed E-state index contributed by atoms with van der Waals surface area (Å²) < 4.78 is 7.34. The molecule has 0 radical (unpaired) electrons. The van der Waals surface area contributed by atoms with E-state index in [1.165, 1.54) is 4.80 Å². The zero-order valence-corrected chi connectivity index (χ0v) is 16.8. The Bertz CT molecular complexity index is 1060. The summed E-state index contributed by atoms with van der Waals surface area (Å²) in [5.41, 5.74) is 4.56. The molecule has 0 amide bonds. The van der Waals surface area contributed by atoms with Crippen LogP contribution in [-0.2, 0) is 16.1 Å². The van der Waals surface area contributed by atoms with Gasteiger partial charge in [-0.2, -0.15) is 4.80 Å². The molecule has 0 atom stereocenters. The van der Waals surface area contributed by atoms with E-state index >= 15 is 0 Å². The molecule has 29 heavy (non-hydrogen) atoms.